The van der Waals surface area contributed by atoms with Crippen molar-refractivity contribution < 1.29 is 9.53 Å². The van der Waals surface area contributed by atoms with Crippen LogP contribution in [0.3, 0.4) is 0 Å². The lowest BCUT2D eigenvalue weighted by Crippen LogP contribution is -2.40. The average molecular weight is 525 g/mol. The number of fused-ring (bicyclic) bond motifs is 1. The van der Waals surface area contributed by atoms with Crippen molar-refractivity contribution in [1.29, 1.82) is 0 Å². The summed E-state index contributed by atoms with van der Waals surface area (Å²) in [6.45, 7) is 8.32. The van der Waals surface area contributed by atoms with Crippen LogP contribution in [0.1, 0.15) is 57.1 Å². The molecule has 11 nitrogen and oxygen atoms in total. The minimum atomic E-state index is -0.456. The molecule has 0 unspecified atom stereocenters. The van der Waals surface area contributed by atoms with Gasteiger partial charge in [0.1, 0.15) is 5.52 Å². The summed E-state index contributed by atoms with van der Waals surface area (Å²) in [5.41, 5.74) is 14.5. The number of ether oxygens (including phenoxy) is 1. The molecule has 11 heteroatoms. The van der Waals surface area contributed by atoms with Crippen molar-refractivity contribution in [2.75, 3.05) is 32.0 Å². The van der Waals surface area contributed by atoms with Crippen LogP contribution in [0.15, 0.2) is 29.1 Å². The number of aromatic nitrogens is 4. The predicted octanol–water partition coefficient (Wildman–Crippen LogP) is 1.99. The lowest BCUT2D eigenvalue weighted by atomic mass is 9.93. The first-order valence-corrected chi connectivity index (χ1v) is 13.6. The molecule has 1 amide bonds. The van der Waals surface area contributed by atoms with Gasteiger partial charge in [-0.05, 0) is 62.7 Å². The van der Waals surface area contributed by atoms with Crippen LogP contribution in [0.4, 0.5) is 5.82 Å². The first kappa shape index (κ1) is 27.6. The summed E-state index contributed by atoms with van der Waals surface area (Å²) in [7, 11) is 0. The molecule has 1 aliphatic heterocycles. The molecule has 4 rings (SSSR count). The SMILES string of the molecule is CCCCOc1nc(N)c2[nH]c(=O)n(Cc3ccc(CN4CCC(CCNC(=O)[C@H](C)N)CC4)cc3)c2n1. The number of hydrogen-bond acceptors (Lipinski definition) is 8. The number of piperidine rings is 1. The van der Waals surface area contributed by atoms with E-state index in [4.69, 9.17) is 16.2 Å². The Morgan fingerprint density at radius 3 is 2.53 bits per heavy atom. The van der Waals surface area contributed by atoms with Crippen LogP contribution < -0.4 is 27.2 Å². The van der Waals surface area contributed by atoms with Gasteiger partial charge >= 0.3 is 11.7 Å². The number of benzene rings is 1. The quantitative estimate of drug-likeness (QED) is 0.262. The largest absolute Gasteiger partial charge is 0.463 e. The number of H-pyrrole nitrogens is 1. The molecular weight excluding hydrogens is 484 g/mol. The van der Waals surface area contributed by atoms with Gasteiger partial charge in [0.05, 0.1) is 19.2 Å². The number of aromatic amines is 1. The van der Waals surface area contributed by atoms with Gasteiger partial charge in [-0.2, -0.15) is 9.97 Å². The van der Waals surface area contributed by atoms with Crippen LogP contribution >= 0.6 is 0 Å². The minimum Gasteiger partial charge on any atom is -0.463 e. The van der Waals surface area contributed by atoms with Crippen molar-refractivity contribution in [3.8, 4) is 6.01 Å². The Hall–Kier alpha value is -3.44. The van der Waals surface area contributed by atoms with Crippen molar-refractivity contribution in [2.24, 2.45) is 11.7 Å². The molecule has 206 valence electrons. The van der Waals surface area contributed by atoms with Gasteiger partial charge in [0.2, 0.25) is 5.91 Å². The fraction of sp³-hybridized carbons (Fsp3) is 0.556. The smallest absolute Gasteiger partial charge is 0.328 e. The number of amides is 1. The Kier molecular flexibility index (Phi) is 9.35. The molecule has 1 aromatic carbocycles. The van der Waals surface area contributed by atoms with Crippen molar-refractivity contribution in [2.45, 2.75) is 65.1 Å². The predicted molar refractivity (Wildman–Crippen MR) is 148 cm³/mol. The van der Waals surface area contributed by atoms with E-state index in [9.17, 15) is 9.59 Å². The molecule has 38 heavy (non-hydrogen) atoms. The third-order valence-corrected chi connectivity index (χ3v) is 7.10. The highest BCUT2D eigenvalue weighted by Crippen LogP contribution is 2.22. The van der Waals surface area contributed by atoms with Gasteiger partial charge in [0.15, 0.2) is 11.5 Å². The number of carbonyl (C=O) groups excluding carboxylic acids is 1. The van der Waals surface area contributed by atoms with Crippen LogP contribution in [0, 0.1) is 5.92 Å². The lowest BCUT2D eigenvalue weighted by molar-refractivity contribution is -0.122. The molecule has 0 saturated carbocycles. The summed E-state index contributed by atoms with van der Waals surface area (Å²) < 4.78 is 7.19. The second-order valence-corrected chi connectivity index (χ2v) is 10.2. The van der Waals surface area contributed by atoms with Crippen LogP contribution in [0.25, 0.3) is 11.2 Å². The second kappa shape index (κ2) is 12.9. The molecule has 6 N–H and O–H groups in total. The van der Waals surface area contributed by atoms with Crippen molar-refractivity contribution >= 4 is 22.9 Å². The summed E-state index contributed by atoms with van der Waals surface area (Å²) in [6, 6.07) is 8.07. The monoisotopic (exact) mass is 524 g/mol. The van der Waals surface area contributed by atoms with Crippen molar-refractivity contribution in [1.82, 2.24) is 29.7 Å². The Bertz CT molecular complexity index is 1260. The van der Waals surface area contributed by atoms with Gasteiger partial charge < -0.3 is 26.5 Å². The summed E-state index contributed by atoms with van der Waals surface area (Å²) in [4.78, 5) is 38.1. The molecule has 0 bridgehead atoms. The Morgan fingerprint density at radius 2 is 1.87 bits per heavy atom. The molecule has 2 aromatic heterocycles. The highest BCUT2D eigenvalue weighted by Gasteiger charge is 2.20. The van der Waals surface area contributed by atoms with Gasteiger partial charge in [-0.15, -0.1) is 0 Å². The van der Waals surface area contributed by atoms with E-state index < -0.39 is 6.04 Å². The average Bonchev–Trinajstić information content (AvgIpc) is 3.21. The number of nitrogens with two attached hydrogens (primary N) is 2. The summed E-state index contributed by atoms with van der Waals surface area (Å²) in [6.07, 6.45) is 5.14. The molecule has 1 saturated heterocycles. The van der Waals surface area contributed by atoms with Crippen LogP contribution in [0.5, 0.6) is 6.01 Å². The zero-order valence-electron chi connectivity index (χ0n) is 22.4. The molecule has 1 atom stereocenters. The number of imidazole rings is 1. The van der Waals surface area contributed by atoms with Gasteiger partial charge in [0.25, 0.3) is 0 Å². The van der Waals surface area contributed by atoms with E-state index in [1.165, 1.54) is 5.56 Å². The second-order valence-electron chi connectivity index (χ2n) is 10.2. The van der Waals surface area contributed by atoms with E-state index in [0.29, 0.717) is 36.8 Å². The third kappa shape index (κ3) is 7.11. The Balaban J connectivity index is 1.31. The third-order valence-electron chi connectivity index (χ3n) is 7.10. The fourth-order valence-corrected chi connectivity index (χ4v) is 4.73. The Morgan fingerprint density at radius 1 is 1.18 bits per heavy atom. The lowest BCUT2D eigenvalue weighted by Gasteiger charge is -2.32. The Labute approximate surface area is 223 Å². The number of hydrogen-bond donors (Lipinski definition) is 4. The van der Waals surface area contributed by atoms with E-state index in [1.807, 2.05) is 0 Å². The fourth-order valence-electron chi connectivity index (χ4n) is 4.73. The molecule has 1 fully saturated rings. The van der Waals surface area contributed by atoms with E-state index in [-0.39, 0.29) is 23.4 Å². The maximum Gasteiger partial charge on any atom is 0.328 e. The molecule has 3 aromatic rings. The molecule has 0 aliphatic carbocycles. The number of nitrogens with one attached hydrogen (secondary N) is 2. The topological polar surface area (TPSA) is 157 Å². The van der Waals surface area contributed by atoms with E-state index in [1.54, 1.807) is 11.5 Å². The maximum atomic E-state index is 12.7. The highest BCUT2D eigenvalue weighted by atomic mass is 16.5. The first-order chi connectivity index (χ1) is 18.3. The van der Waals surface area contributed by atoms with E-state index >= 15 is 0 Å². The summed E-state index contributed by atoms with van der Waals surface area (Å²) in [5, 5.41) is 2.91. The summed E-state index contributed by atoms with van der Waals surface area (Å²) in [5.74, 6) is 0.748. The van der Waals surface area contributed by atoms with Gasteiger partial charge in [0, 0.05) is 13.1 Å². The highest BCUT2D eigenvalue weighted by molar-refractivity contribution is 5.82. The zero-order chi connectivity index (χ0) is 27.1. The van der Waals surface area contributed by atoms with Crippen LogP contribution in [-0.2, 0) is 17.9 Å². The van der Waals surface area contributed by atoms with E-state index in [0.717, 1.165) is 57.3 Å². The maximum absolute atomic E-state index is 12.7. The first-order valence-electron chi connectivity index (χ1n) is 13.6. The normalized spacial score (nSPS) is 15.6. The van der Waals surface area contributed by atoms with Gasteiger partial charge in [-0.3, -0.25) is 14.3 Å². The molecule has 1 aliphatic rings. The zero-order valence-corrected chi connectivity index (χ0v) is 22.4. The number of carbonyl (C=O) groups is 1. The minimum absolute atomic E-state index is 0.0842. The standard InChI is InChI=1S/C27H40N8O3/c1-3-4-15-38-26-32-23(29)22-24(33-26)35(27(37)31-22)17-21-7-5-20(6-8-21)16-34-13-10-19(11-14-34)9-12-30-25(36)18(2)28/h5-8,18-19H,3-4,9-17,28H2,1-2H3,(H,30,36)(H,31,37)(H2,29,32,33)/t18-/m0/s1. The number of unbranched alkanes of at least 4 members (excludes halogenated alkanes) is 1. The number of rotatable bonds is 12. The number of nitrogen functional groups attached to an aromatic ring is 1. The van der Waals surface area contributed by atoms with Gasteiger partial charge in [-0.25, -0.2) is 4.79 Å². The van der Waals surface area contributed by atoms with Crippen LogP contribution in [0.2, 0.25) is 0 Å². The van der Waals surface area contributed by atoms with E-state index in [2.05, 4.69) is 56.4 Å². The molecule has 3 heterocycles. The molecule has 0 radical (unpaired) electrons. The van der Waals surface area contributed by atoms with Crippen molar-refractivity contribution in [3.05, 3.63) is 45.9 Å². The summed E-state index contributed by atoms with van der Waals surface area (Å²) >= 11 is 0. The number of likely N-dealkylation sites (tertiary alicyclic amines) is 1. The number of anilines is 1. The molecule has 0 spiro atoms. The molecular formula is C27H40N8O3. The van der Waals surface area contributed by atoms with Gasteiger partial charge in [-0.1, -0.05) is 37.6 Å². The van der Waals surface area contributed by atoms with Crippen LogP contribution in [-0.4, -0.2) is 62.6 Å². The van der Waals surface area contributed by atoms with Crippen molar-refractivity contribution in [3.63, 3.8) is 0 Å². The number of nitrogens with zero attached hydrogens (tertiary/aromatic N) is 4.